The van der Waals surface area contributed by atoms with Crippen molar-refractivity contribution in [2.45, 2.75) is 82.6 Å². The molecule has 1 heterocycles. The van der Waals surface area contributed by atoms with Crippen LogP contribution >= 0.6 is 0 Å². The lowest BCUT2D eigenvalue weighted by atomic mass is 9.58. The van der Waals surface area contributed by atoms with Crippen molar-refractivity contribution in [3.05, 3.63) is 52.6 Å². The first-order valence-corrected chi connectivity index (χ1v) is 13.6. The molecule has 1 saturated carbocycles. The Kier molecular flexibility index (Phi) is 5.69. The normalized spacial score (nSPS) is 35.1. The Morgan fingerprint density at radius 1 is 1.00 bits per heavy atom. The second-order valence-electron chi connectivity index (χ2n) is 11.4. The largest absolute Gasteiger partial charge is 0.372 e. The zero-order valence-electron chi connectivity index (χ0n) is 20.6. The van der Waals surface area contributed by atoms with Gasteiger partial charge in [0.15, 0.2) is 5.78 Å². The van der Waals surface area contributed by atoms with Crippen LogP contribution in [0.15, 0.2) is 47.1 Å². The first-order valence-electron chi connectivity index (χ1n) is 13.6. The summed E-state index contributed by atoms with van der Waals surface area (Å²) in [5.74, 6) is 8.79. The number of allylic oxidation sites excluding steroid dienone is 4. The molecule has 6 rings (SSSR count). The van der Waals surface area contributed by atoms with E-state index in [1.807, 2.05) is 13.0 Å². The van der Waals surface area contributed by atoms with Gasteiger partial charge in [-0.15, -0.1) is 5.92 Å². The highest BCUT2D eigenvalue weighted by molar-refractivity contribution is 5.91. The zero-order chi connectivity index (χ0) is 23.3. The van der Waals surface area contributed by atoms with Crippen LogP contribution in [0.25, 0.3) is 0 Å². The van der Waals surface area contributed by atoms with Gasteiger partial charge in [0.2, 0.25) is 0 Å². The maximum atomic E-state index is 12.2. The van der Waals surface area contributed by atoms with Gasteiger partial charge in [-0.3, -0.25) is 4.79 Å². The molecule has 0 radical (unpaired) electrons. The third-order valence-electron chi connectivity index (χ3n) is 9.61. The van der Waals surface area contributed by atoms with Crippen molar-refractivity contribution in [1.29, 1.82) is 0 Å². The first-order chi connectivity index (χ1) is 16.6. The summed E-state index contributed by atoms with van der Waals surface area (Å²) in [4.78, 5) is 14.8. The summed E-state index contributed by atoms with van der Waals surface area (Å²) in [6.45, 7) is 4.29. The fourth-order valence-electron chi connectivity index (χ4n) is 8.05. The average Bonchev–Trinajstić information content (AvgIpc) is 3.20. The number of nitrogens with zero attached hydrogens (tertiary/aromatic N) is 1. The average molecular weight is 455 g/mol. The Hall–Kier alpha value is -2.31. The van der Waals surface area contributed by atoms with E-state index in [4.69, 9.17) is 5.73 Å². The number of hydrogen-bond acceptors (Lipinski definition) is 3. The van der Waals surface area contributed by atoms with Gasteiger partial charge in [-0.2, -0.15) is 0 Å². The topological polar surface area (TPSA) is 46.3 Å². The molecule has 0 spiro atoms. The predicted octanol–water partition coefficient (Wildman–Crippen LogP) is 5.91. The van der Waals surface area contributed by atoms with E-state index in [2.05, 4.69) is 41.0 Å². The molecule has 3 heteroatoms. The summed E-state index contributed by atoms with van der Waals surface area (Å²) in [5, 5.41) is 0. The lowest BCUT2D eigenvalue weighted by molar-refractivity contribution is -0.115. The fraction of sp³-hybridized carbons (Fsp3) is 0.581. The van der Waals surface area contributed by atoms with Gasteiger partial charge in [0.25, 0.3) is 0 Å². The number of nitrogens with two attached hydrogens (primary N) is 1. The van der Waals surface area contributed by atoms with Crippen LogP contribution in [0.1, 0.15) is 82.6 Å². The molecule has 2 fully saturated rings. The molecule has 3 nitrogen and oxygen atoms in total. The quantitative estimate of drug-likeness (QED) is 0.446. The maximum Gasteiger partial charge on any atom is 0.155 e. The second kappa shape index (κ2) is 8.72. The van der Waals surface area contributed by atoms with E-state index in [1.54, 1.807) is 11.1 Å². The van der Waals surface area contributed by atoms with Gasteiger partial charge in [-0.05, 0) is 100 Å². The van der Waals surface area contributed by atoms with Crippen molar-refractivity contribution in [2.24, 2.45) is 23.5 Å². The van der Waals surface area contributed by atoms with Crippen LogP contribution in [0.3, 0.4) is 0 Å². The van der Waals surface area contributed by atoms with Crippen molar-refractivity contribution in [2.75, 3.05) is 18.0 Å². The summed E-state index contributed by atoms with van der Waals surface area (Å²) in [6.07, 6.45) is 13.1. The minimum absolute atomic E-state index is 0.325. The summed E-state index contributed by atoms with van der Waals surface area (Å²) in [5.41, 5.74) is 14.2. The van der Waals surface area contributed by atoms with E-state index in [0.29, 0.717) is 35.9 Å². The number of carbonyl (C=O) groups excluding carboxylic acids is 1. The van der Waals surface area contributed by atoms with Crippen LogP contribution in [0, 0.1) is 29.6 Å². The molecule has 0 amide bonds. The van der Waals surface area contributed by atoms with Gasteiger partial charge in [0.1, 0.15) is 0 Å². The summed E-state index contributed by atoms with van der Waals surface area (Å²) < 4.78 is 0. The first kappa shape index (κ1) is 22.2. The van der Waals surface area contributed by atoms with E-state index in [0.717, 1.165) is 32.1 Å². The van der Waals surface area contributed by atoms with E-state index in [9.17, 15) is 4.79 Å². The molecule has 0 aromatic heterocycles. The van der Waals surface area contributed by atoms with Gasteiger partial charge >= 0.3 is 0 Å². The van der Waals surface area contributed by atoms with Crippen LogP contribution in [0.2, 0.25) is 0 Å². The minimum atomic E-state index is -0.359. The van der Waals surface area contributed by atoms with Gasteiger partial charge in [0.05, 0.1) is 5.54 Å². The fourth-order valence-corrected chi connectivity index (χ4v) is 8.05. The number of carbonyl (C=O) groups is 1. The molecular weight excluding hydrogens is 416 g/mol. The standard InChI is InChI=1S/C31H38N2O/c1-2-15-31(32)16-14-26-27-12-8-22-19-24(34)11-13-25(22)30(27)28(20-29(26)31)21-6-9-23(10-7-21)33-17-4-3-5-18-33/h6-7,9-10,19,25-26,28-29H,3-5,8,11-14,16-18,20,32H2,1H3/t25?,26?,28-,29?,31+/m1/s1. The van der Waals surface area contributed by atoms with E-state index in [-0.39, 0.29) is 5.54 Å². The number of ketones is 1. The lowest BCUT2D eigenvalue weighted by Crippen LogP contribution is -2.46. The van der Waals surface area contributed by atoms with Gasteiger partial charge in [-0.1, -0.05) is 34.8 Å². The Bertz CT molecular complexity index is 1090. The highest BCUT2D eigenvalue weighted by Crippen LogP contribution is 2.59. The van der Waals surface area contributed by atoms with E-state index >= 15 is 0 Å². The Morgan fingerprint density at radius 3 is 2.56 bits per heavy atom. The Balaban J connectivity index is 1.40. The van der Waals surface area contributed by atoms with Crippen molar-refractivity contribution >= 4 is 11.5 Å². The molecule has 2 N–H and O–H groups in total. The van der Waals surface area contributed by atoms with Crippen molar-refractivity contribution < 1.29 is 4.79 Å². The van der Waals surface area contributed by atoms with Crippen LogP contribution in [-0.2, 0) is 4.79 Å². The highest BCUT2D eigenvalue weighted by atomic mass is 16.1. The summed E-state index contributed by atoms with van der Waals surface area (Å²) in [6, 6.07) is 9.49. The molecule has 5 aliphatic rings. The van der Waals surface area contributed by atoms with Crippen molar-refractivity contribution in [1.82, 2.24) is 0 Å². The second-order valence-corrected chi connectivity index (χ2v) is 11.4. The number of rotatable bonds is 2. The lowest BCUT2D eigenvalue weighted by Gasteiger charge is -2.47. The third kappa shape index (κ3) is 3.66. The Labute approximate surface area is 204 Å². The Morgan fingerprint density at radius 2 is 1.79 bits per heavy atom. The molecule has 178 valence electrons. The minimum Gasteiger partial charge on any atom is -0.372 e. The number of benzene rings is 1. The molecule has 4 aliphatic carbocycles. The van der Waals surface area contributed by atoms with E-state index in [1.165, 1.54) is 55.6 Å². The van der Waals surface area contributed by atoms with Crippen LogP contribution in [-0.4, -0.2) is 24.4 Å². The summed E-state index contributed by atoms with van der Waals surface area (Å²) in [7, 11) is 0. The third-order valence-corrected chi connectivity index (χ3v) is 9.61. The molecule has 34 heavy (non-hydrogen) atoms. The molecule has 0 bridgehead atoms. The SMILES string of the molecule is CC#C[C@]1(N)CCC2C3=C(C4CCC(=O)C=C4CC3)[C@@H](c3ccc(N4CCCCC4)cc3)CC21. The highest BCUT2D eigenvalue weighted by Gasteiger charge is 2.52. The van der Waals surface area contributed by atoms with Crippen LogP contribution in [0.5, 0.6) is 0 Å². The summed E-state index contributed by atoms with van der Waals surface area (Å²) >= 11 is 0. The monoisotopic (exact) mass is 454 g/mol. The van der Waals surface area contributed by atoms with Crippen LogP contribution in [0.4, 0.5) is 5.69 Å². The predicted molar refractivity (Wildman–Crippen MR) is 139 cm³/mol. The molecule has 5 atom stereocenters. The van der Waals surface area contributed by atoms with Gasteiger partial charge in [0, 0.05) is 37.0 Å². The molecule has 3 unspecified atom stereocenters. The molecule has 1 aromatic carbocycles. The smallest absolute Gasteiger partial charge is 0.155 e. The molecule has 1 saturated heterocycles. The maximum absolute atomic E-state index is 12.2. The van der Waals surface area contributed by atoms with Crippen molar-refractivity contribution in [3.63, 3.8) is 0 Å². The number of hydrogen-bond donors (Lipinski definition) is 1. The number of anilines is 1. The molecular formula is C31H38N2O. The van der Waals surface area contributed by atoms with Gasteiger partial charge < -0.3 is 10.6 Å². The van der Waals surface area contributed by atoms with Crippen LogP contribution < -0.4 is 10.6 Å². The van der Waals surface area contributed by atoms with Gasteiger partial charge in [-0.25, -0.2) is 0 Å². The van der Waals surface area contributed by atoms with Crippen molar-refractivity contribution in [3.8, 4) is 11.8 Å². The number of piperidine rings is 1. The van der Waals surface area contributed by atoms with E-state index < -0.39 is 0 Å². The number of fused-ring (bicyclic) bond motifs is 4. The molecule has 1 aromatic rings. The molecule has 1 aliphatic heterocycles. The zero-order valence-corrected chi connectivity index (χ0v) is 20.6.